The van der Waals surface area contributed by atoms with E-state index in [0.717, 1.165) is 12.1 Å². The van der Waals surface area contributed by atoms with Crippen molar-refractivity contribution >= 4 is 40.5 Å². The number of H-pyrrole nitrogens is 1. The van der Waals surface area contributed by atoms with E-state index in [-0.39, 0.29) is 0 Å². The molecule has 2 atom stereocenters. The van der Waals surface area contributed by atoms with E-state index in [9.17, 15) is 0 Å². The molecule has 2 aromatic rings. The molecule has 120 valence electrons. The van der Waals surface area contributed by atoms with Crippen LogP contribution in [0.15, 0.2) is 36.5 Å². The fourth-order valence-electron chi connectivity index (χ4n) is 2.50. The van der Waals surface area contributed by atoms with Gasteiger partial charge < -0.3 is 9.71 Å². The predicted molar refractivity (Wildman–Crippen MR) is 103 cm³/mol. The van der Waals surface area contributed by atoms with Crippen molar-refractivity contribution in [3.63, 3.8) is 0 Å². The third kappa shape index (κ3) is 4.03. The van der Waals surface area contributed by atoms with Crippen molar-refractivity contribution in [2.45, 2.75) is 44.1 Å². The molecule has 22 heavy (non-hydrogen) atoms. The lowest BCUT2D eigenvalue weighted by Crippen LogP contribution is -2.14. The average Bonchev–Trinajstić information content (AvgIpc) is 2.97. The molecule has 0 bridgehead atoms. The number of nitrogens with two attached hydrogens (primary N) is 1. The number of anilines is 1. The topological polar surface area (TPSA) is 53.8 Å². The summed E-state index contributed by atoms with van der Waals surface area (Å²) in [6.07, 6.45) is 8.88. The molecule has 1 aromatic carbocycles. The van der Waals surface area contributed by atoms with Gasteiger partial charge in [-0.3, -0.25) is 5.14 Å². The fraction of sp³-hybridized carbons (Fsp3) is 0.412. The van der Waals surface area contributed by atoms with E-state index in [0.29, 0.717) is 10.5 Å². The Morgan fingerprint density at radius 1 is 1.18 bits per heavy atom. The zero-order chi connectivity index (χ0) is 15.9. The maximum absolute atomic E-state index is 5.62. The summed E-state index contributed by atoms with van der Waals surface area (Å²) >= 11 is 3.23. The lowest BCUT2D eigenvalue weighted by atomic mass is 10.1. The van der Waals surface area contributed by atoms with Gasteiger partial charge in [-0.2, -0.15) is 0 Å². The minimum atomic E-state index is 0.487. The number of aryl methyl sites for hydroxylation is 1. The van der Waals surface area contributed by atoms with Gasteiger partial charge in [-0.15, -0.1) is 0 Å². The van der Waals surface area contributed by atoms with Gasteiger partial charge in [-0.1, -0.05) is 50.1 Å². The van der Waals surface area contributed by atoms with Gasteiger partial charge in [0, 0.05) is 22.1 Å². The van der Waals surface area contributed by atoms with Crippen LogP contribution < -0.4 is 9.86 Å². The predicted octanol–water partition coefficient (Wildman–Crippen LogP) is 5.26. The van der Waals surface area contributed by atoms with Crippen LogP contribution in [0, 0.1) is 6.92 Å². The Morgan fingerprint density at radius 2 is 1.91 bits per heavy atom. The van der Waals surface area contributed by atoms with Crippen LogP contribution in [0.2, 0.25) is 0 Å². The molecule has 0 aliphatic heterocycles. The summed E-state index contributed by atoms with van der Waals surface area (Å²) in [5.74, 6) is 0. The van der Waals surface area contributed by atoms with E-state index in [1.54, 1.807) is 11.9 Å². The van der Waals surface area contributed by atoms with Gasteiger partial charge in [0.05, 0.1) is 11.2 Å². The molecule has 0 fully saturated rings. The average molecular weight is 336 g/mol. The lowest BCUT2D eigenvalue weighted by Gasteiger charge is -2.21. The fourth-order valence-corrected chi connectivity index (χ4v) is 3.82. The maximum atomic E-state index is 5.62. The highest BCUT2D eigenvalue weighted by molar-refractivity contribution is 8.01. The zero-order valence-corrected chi connectivity index (χ0v) is 15.1. The SMILES string of the molecule is CC.Cc1c[nH]c2c(NSC3C=CC(SN)CC3)cccc12. The van der Waals surface area contributed by atoms with Gasteiger partial charge in [-0.25, -0.2) is 0 Å². The number of nitrogens with one attached hydrogen (secondary N) is 2. The van der Waals surface area contributed by atoms with Crippen molar-refractivity contribution < 1.29 is 0 Å². The summed E-state index contributed by atoms with van der Waals surface area (Å²) in [6.45, 7) is 6.13. The summed E-state index contributed by atoms with van der Waals surface area (Å²) in [5.41, 5.74) is 3.63. The van der Waals surface area contributed by atoms with E-state index in [1.165, 1.54) is 34.8 Å². The first-order valence-electron chi connectivity index (χ1n) is 7.80. The van der Waals surface area contributed by atoms with Crippen LogP contribution in [-0.4, -0.2) is 15.5 Å². The van der Waals surface area contributed by atoms with Crippen molar-refractivity contribution in [1.82, 2.24) is 4.98 Å². The molecule has 0 saturated heterocycles. The number of aromatic nitrogens is 1. The number of fused-ring (bicyclic) bond motifs is 1. The Hall–Kier alpha value is -1.04. The summed E-state index contributed by atoms with van der Waals surface area (Å²) < 4.78 is 3.50. The second-order valence-corrected chi connectivity index (χ2v) is 7.02. The zero-order valence-electron chi connectivity index (χ0n) is 13.4. The summed E-state index contributed by atoms with van der Waals surface area (Å²) in [5, 5.41) is 7.91. The molecule has 5 heteroatoms. The molecule has 2 unspecified atom stereocenters. The molecular weight excluding hydrogens is 310 g/mol. The Labute approximate surface area is 141 Å². The minimum Gasteiger partial charge on any atom is -0.359 e. The maximum Gasteiger partial charge on any atom is 0.0700 e. The van der Waals surface area contributed by atoms with Gasteiger partial charge in [0.25, 0.3) is 0 Å². The monoisotopic (exact) mass is 335 g/mol. The van der Waals surface area contributed by atoms with Crippen LogP contribution in [0.3, 0.4) is 0 Å². The number of rotatable bonds is 4. The largest absolute Gasteiger partial charge is 0.359 e. The number of hydrogen-bond acceptors (Lipinski definition) is 4. The summed E-state index contributed by atoms with van der Waals surface area (Å²) in [6, 6.07) is 6.38. The van der Waals surface area contributed by atoms with Crippen LogP contribution in [0.1, 0.15) is 32.3 Å². The molecule has 4 N–H and O–H groups in total. The number of hydrogen-bond donors (Lipinski definition) is 3. The highest BCUT2D eigenvalue weighted by Gasteiger charge is 2.16. The van der Waals surface area contributed by atoms with Gasteiger partial charge in [-0.05, 0) is 43.3 Å². The van der Waals surface area contributed by atoms with Gasteiger partial charge in [0.1, 0.15) is 0 Å². The van der Waals surface area contributed by atoms with Crippen molar-refractivity contribution in [3.05, 3.63) is 42.1 Å². The normalized spacial score (nSPS) is 20.5. The Morgan fingerprint density at radius 3 is 2.59 bits per heavy atom. The Bertz CT molecular complexity index is 621. The molecule has 3 rings (SSSR count). The van der Waals surface area contributed by atoms with Crippen molar-refractivity contribution in [1.29, 1.82) is 0 Å². The molecular formula is C17H25N3S2. The van der Waals surface area contributed by atoms with Crippen molar-refractivity contribution in [3.8, 4) is 0 Å². The molecule has 0 radical (unpaired) electrons. The number of benzene rings is 1. The Balaban J connectivity index is 0.000000847. The highest BCUT2D eigenvalue weighted by Crippen LogP contribution is 2.31. The van der Waals surface area contributed by atoms with Crippen LogP contribution in [0.4, 0.5) is 5.69 Å². The van der Waals surface area contributed by atoms with E-state index < -0.39 is 0 Å². The second-order valence-electron chi connectivity index (χ2n) is 5.09. The minimum absolute atomic E-state index is 0.487. The van der Waals surface area contributed by atoms with Crippen LogP contribution in [-0.2, 0) is 0 Å². The molecule has 0 saturated carbocycles. The van der Waals surface area contributed by atoms with Gasteiger partial charge >= 0.3 is 0 Å². The highest BCUT2D eigenvalue weighted by atomic mass is 32.2. The van der Waals surface area contributed by atoms with E-state index in [2.05, 4.69) is 53.2 Å². The Kier molecular flexibility index (Phi) is 6.73. The standard InChI is InChI=1S/C15H19N3S2.C2H6/c1-10-9-17-15-13(10)3-2-4-14(15)18-20-12-7-5-11(19-16)6-8-12;1-2/h2-5,7,9,11-12,17-18H,6,8,16H2,1H3;1-2H3. The first-order valence-corrected chi connectivity index (χ1v) is 9.62. The van der Waals surface area contributed by atoms with Gasteiger partial charge in [0.2, 0.25) is 0 Å². The molecule has 1 aliphatic rings. The molecule has 0 spiro atoms. The quantitative estimate of drug-likeness (QED) is 0.527. The third-order valence-electron chi connectivity index (χ3n) is 3.69. The molecule has 3 nitrogen and oxygen atoms in total. The molecule has 1 aliphatic carbocycles. The van der Waals surface area contributed by atoms with Crippen molar-refractivity contribution in [2.24, 2.45) is 5.14 Å². The smallest absolute Gasteiger partial charge is 0.0700 e. The van der Waals surface area contributed by atoms with Gasteiger partial charge in [0.15, 0.2) is 0 Å². The molecule has 1 aromatic heterocycles. The molecule has 0 amide bonds. The number of para-hydroxylation sites is 1. The molecule has 1 heterocycles. The van der Waals surface area contributed by atoms with Crippen LogP contribution in [0.25, 0.3) is 10.9 Å². The van der Waals surface area contributed by atoms with E-state index in [4.69, 9.17) is 5.14 Å². The second kappa shape index (κ2) is 8.56. The summed E-state index contributed by atoms with van der Waals surface area (Å²) in [7, 11) is 0. The third-order valence-corrected chi connectivity index (χ3v) is 5.47. The number of aromatic amines is 1. The van der Waals surface area contributed by atoms with Crippen molar-refractivity contribution in [2.75, 3.05) is 4.72 Å². The van der Waals surface area contributed by atoms with Crippen LogP contribution in [0.5, 0.6) is 0 Å². The van der Waals surface area contributed by atoms with Crippen LogP contribution >= 0.6 is 23.9 Å². The summed E-state index contributed by atoms with van der Waals surface area (Å²) in [4.78, 5) is 3.35. The first kappa shape index (κ1) is 17.3. The van der Waals surface area contributed by atoms with E-state index >= 15 is 0 Å². The van der Waals surface area contributed by atoms with E-state index in [1.807, 2.05) is 13.8 Å². The first-order chi connectivity index (χ1) is 10.8. The lowest BCUT2D eigenvalue weighted by molar-refractivity contribution is 0.753.